The highest BCUT2D eigenvalue weighted by Crippen LogP contribution is 2.47. The van der Waals surface area contributed by atoms with Crippen molar-refractivity contribution in [3.8, 4) is 23.0 Å². The fourth-order valence-electron chi connectivity index (χ4n) is 8.64. The average Bonchev–Trinajstić information content (AvgIpc) is 3.63. The standard InChI is InChI=1S/C34H37BrF2N6O2/c1-3-19-11-34(12-21(36)14-43(34)18(19)2)17-45-33-40-31-26(32(41-33)42-15-22-7-8-23(16-42)39-22)13-38-30(29(31)37)25-10-24(44)9-20-5-4-6-27(35)28(20)25/h4-6,9-10,13,18-19,21-23,39,44H,3,7-8,11-12,14-17H2,1-2H3/t18-,19-,21+,22?,23?,34-/m0/s1. The van der Waals surface area contributed by atoms with E-state index in [-0.39, 0.29) is 35.6 Å². The van der Waals surface area contributed by atoms with Gasteiger partial charge in [0.1, 0.15) is 35.6 Å². The molecule has 0 spiro atoms. The second-order valence-electron chi connectivity index (χ2n) is 13.5. The quantitative estimate of drug-likeness (QED) is 0.243. The highest BCUT2D eigenvalue weighted by molar-refractivity contribution is 9.10. The second kappa shape index (κ2) is 11.0. The number of nitrogens with one attached hydrogen (secondary N) is 1. The molecule has 236 valence electrons. The molecule has 6 atom stereocenters. The van der Waals surface area contributed by atoms with E-state index in [0.29, 0.717) is 47.7 Å². The zero-order valence-electron chi connectivity index (χ0n) is 25.4. The SMILES string of the molecule is CC[C@H]1C[C@@]2(COc3nc(N4CC5CCC(C4)N5)c4cnc(-c5cc(O)cc6cccc(Br)c56)c(F)c4n3)C[C@@H](F)CN2[C@H]1C. The highest BCUT2D eigenvalue weighted by Gasteiger charge is 2.55. The van der Waals surface area contributed by atoms with Crippen molar-refractivity contribution in [3.05, 3.63) is 46.8 Å². The fraction of sp³-hybridized carbons (Fsp3) is 0.500. The maximum absolute atomic E-state index is 16.8. The number of anilines is 1. The van der Waals surface area contributed by atoms with Gasteiger partial charge in [-0.05, 0) is 55.7 Å². The van der Waals surface area contributed by atoms with Crippen LogP contribution in [-0.2, 0) is 0 Å². The summed E-state index contributed by atoms with van der Waals surface area (Å²) in [6, 6.07) is 9.83. The van der Waals surface area contributed by atoms with Crippen LogP contribution >= 0.6 is 15.9 Å². The molecule has 8 rings (SSSR count). The van der Waals surface area contributed by atoms with Crippen molar-refractivity contribution in [1.29, 1.82) is 0 Å². The van der Waals surface area contributed by atoms with Gasteiger partial charge in [0.15, 0.2) is 5.82 Å². The van der Waals surface area contributed by atoms with Crippen LogP contribution in [0.4, 0.5) is 14.6 Å². The van der Waals surface area contributed by atoms with Gasteiger partial charge in [0, 0.05) is 65.8 Å². The van der Waals surface area contributed by atoms with Gasteiger partial charge in [-0.15, -0.1) is 0 Å². The molecule has 4 saturated heterocycles. The first kappa shape index (κ1) is 29.3. The summed E-state index contributed by atoms with van der Waals surface area (Å²) in [6.45, 7) is 6.51. The van der Waals surface area contributed by atoms with Crippen LogP contribution in [0.2, 0.25) is 0 Å². The molecule has 2 aromatic heterocycles. The summed E-state index contributed by atoms with van der Waals surface area (Å²) in [5.74, 6) is 0.478. The largest absolute Gasteiger partial charge is 0.508 e. The van der Waals surface area contributed by atoms with E-state index >= 15 is 4.39 Å². The number of aromatic nitrogens is 3. The first-order valence-electron chi connectivity index (χ1n) is 16.1. The van der Waals surface area contributed by atoms with Crippen molar-refractivity contribution in [2.24, 2.45) is 5.92 Å². The van der Waals surface area contributed by atoms with Gasteiger partial charge in [0.05, 0.1) is 10.9 Å². The van der Waals surface area contributed by atoms with Crippen LogP contribution in [0.3, 0.4) is 0 Å². The molecule has 45 heavy (non-hydrogen) atoms. The number of rotatable bonds is 6. The average molecular weight is 680 g/mol. The number of benzene rings is 2. The number of aromatic hydroxyl groups is 1. The molecule has 2 N–H and O–H groups in total. The van der Waals surface area contributed by atoms with E-state index in [1.54, 1.807) is 12.3 Å². The molecule has 0 radical (unpaired) electrons. The van der Waals surface area contributed by atoms with E-state index in [0.717, 1.165) is 54.0 Å². The molecule has 0 aliphatic carbocycles. The Kier molecular flexibility index (Phi) is 7.14. The lowest BCUT2D eigenvalue weighted by atomic mass is 9.88. The van der Waals surface area contributed by atoms with Crippen molar-refractivity contribution in [3.63, 3.8) is 0 Å². The summed E-state index contributed by atoms with van der Waals surface area (Å²) in [5.41, 5.74) is 0.230. The van der Waals surface area contributed by atoms with E-state index in [9.17, 15) is 9.50 Å². The maximum atomic E-state index is 16.8. The topological polar surface area (TPSA) is 86.6 Å². The summed E-state index contributed by atoms with van der Waals surface area (Å²) in [6.07, 6.45) is 5.21. The van der Waals surface area contributed by atoms with Gasteiger partial charge in [-0.25, -0.2) is 8.78 Å². The molecule has 2 unspecified atom stereocenters. The number of pyridine rings is 1. The van der Waals surface area contributed by atoms with Crippen LogP contribution in [0.1, 0.15) is 46.0 Å². The van der Waals surface area contributed by atoms with Gasteiger partial charge in [-0.2, -0.15) is 9.97 Å². The molecule has 2 aromatic carbocycles. The summed E-state index contributed by atoms with van der Waals surface area (Å²) in [5, 5.41) is 16.2. The van der Waals surface area contributed by atoms with Crippen molar-refractivity contribution >= 4 is 43.4 Å². The van der Waals surface area contributed by atoms with Crippen LogP contribution in [0.15, 0.2) is 41.0 Å². The normalized spacial score (nSPS) is 29.6. The van der Waals surface area contributed by atoms with Crippen LogP contribution < -0.4 is 15.0 Å². The minimum atomic E-state index is -0.902. The van der Waals surface area contributed by atoms with Crippen molar-refractivity contribution in [2.75, 3.05) is 31.1 Å². The first-order valence-corrected chi connectivity index (χ1v) is 16.8. The Bertz CT molecular complexity index is 1800. The van der Waals surface area contributed by atoms with Crippen molar-refractivity contribution in [2.45, 2.75) is 75.8 Å². The number of hydrogen-bond donors (Lipinski definition) is 2. The summed E-state index contributed by atoms with van der Waals surface area (Å²) >= 11 is 3.61. The number of nitrogens with zero attached hydrogens (tertiary/aromatic N) is 5. The number of halogens is 3. The van der Waals surface area contributed by atoms with Gasteiger partial charge in [-0.1, -0.05) is 41.4 Å². The third-order valence-electron chi connectivity index (χ3n) is 10.7. The van der Waals surface area contributed by atoms with Gasteiger partial charge in [-0.3, -0.25) is 9.88 Å². The van der Waals surface area contributed by atoms with Gasteiger partial charge < -0.3 is 20.1 Å². The number of piperazine rings is 1. The fourth-order valence-corrected chi connectivity index (χ4v) is 9.23. The molecule has 4 aliphatic heterocycles. The molecule has 0 saturated carbocycles. The van der Waals surface area contributed by atoms with E-state index in [4.69, 9.17) is 9.72 Å². The minimum absolute atomic E-state index is 0.0169. The predicted molar refractivity (Wildman–Crippen MR) is 174 cm³/mol. The Morgan fingerprint density at radius 2 is 1.93 bits per heavy atom. The van der Waals surface area contributed by atoms with Crippen LogP contribution in [0.25, 0.3) is 32.9 Å². The molecule has 4 fully saturated rings. The lowest BCUT2D eigenvalue weighted by molar-refractivity contribution is 0.0883. The highest BCUT2D eigenvalue weighted by atomic mass is 79.9. The lowest BCUT2D eigenvalue weighted by Gasteiger charge is -2.35. The summed E-state index contributed by atoms with van der Waals surface area (Å²) in [7, 11) is 0. The number of fused-ring (bicyclic) bond motifs is 5. The smallest absolute Gasteiger partial charge is 0.319 e. The van der Waals surface area contributed by atoms with E-state index in [2.05, 4.69) is 54.9 Å². The van der Waals surface area contributed by atoms with Gasteiger partial charge in [0.2, 0.25) is 0 Å². The number of phenolic OH excluding ortho intramolecular Hbond substituents is 1. The van der Waals surface area contributed by atoms with Gasteiger partial charge >= 0.3 is 6.01 Å². The Morgan fingerprint density at radius 1 is 1.13 bits per heavy atom. The lowest BCUT2D eigenvalue weighted by Crippen LogP contribution is -2.51. The molecule has 2 bridgehead atoms. The van der Waals surface area contributed by atoms with E-state index < -0.39 is 17.5 Å². The molecule has 4 aromatic rings. The number of phenols is 1. The third kappa shape index (κ3) is 4.84. The zero-order valence-corrected chi connectivity index (χ0v) is 27.0. The number of alkyl halides is 1. The van der Waals surface area contributed by atoms with Gasteiger partial charge in [0.25, 0.3) is 0 Å². The second-order valence-corrected chi connectivity index (χ2v) is 14.3. The van der Waals surface area contributed by atoms with E-state index in [1.165, 1.54) is 6.07 Å². The molecule has 6 heterocycles. The molecular weight excluding hydrogens is 642 g/mol. The van der Waals surface area contributed by atoms with E-state index in [1.807, 2.05) is 18.2 Å². The molecule has 0 amide bonds. The Hall–Kier alpha value is -3.15. The Morgan fingerprint density at radius 3 is 2.71 bits per heavy atom. The van der Waals surface area contributed by atoms with Crippen LogP contribution in [-0.4, -0.2) is 81.0 Å². The van der Waals surface area contributed by atoms with Crippen molar-refractivity contribution in [1.82, 2.24) is 25.2 Å². The van der Waals surface area contributed by atoms with Crippen LogP contribution in [0.5, 0.6) is 11.8 Å². The summed E-state index contributed by atoms with van der Waals surface area (Å²) < 4.78 is 38.8. The Balaban J connectivity index is 1.24. The third-order valence-corrected chi connectivity index (χ3v) is 11.4. The van der Waals surface area contributed by atoms with Crippen molar-refractivity contribution < 1.29 is 18.6 Å². The first-order chi connectivity index (χ1) is 21.7. The molecule has 4 aliphatic rings. The maximum Gasteiger partial charge on any atom is 0.319 e. The number of hydrogen-bond acceptors (Lipinski definition) is 8. The monoisotopic (exact) mass is 678 g/mol. The summed E-state index contributed by atoms with van der Waals surface area (Å²) in [4.78, 5) is 18.6. The molecule has 8 nitrogen and oxygen atoms in total. The predicted octanol–water partition coefficient (Wildman–Crippen LogP) is 6.37. The molecular formula is C34H37BrF2N6O2. The van der Waals surface area contributed by atoms with Crippen LogP contribution in [0, 0.1) is 11.7 Å². The molecule has 11 heteroatoms. The Labute approximate surface area is 269 Å². The zero-order chi connectivity index (χ0) is 31.0. The number of ether oxygens (including phenoxy) is 1. The minimum Gasteiger partial charge on any atom is -0.508 e.